The molecular weight excluding hydrogens is 292 g/mol. The van der Waals surface area contributed by atoms with Crippen molar-refractivity contribution in [2.45, 2.75) is 58.2 Å². The summed E-state index contributed by atoms with van der Waals surface area (Å²) in [5.41, 5.74) is 2.59. The van der Waals surface area contributed by atoms with E-state index in [9.17, 15) is 14.7 Å². The van der Waals surface area contributed by atoms with Crippen molar-refractivity contribution in [2.24, 2.45) is 0 Å². The third-order valence-corrected chi connectivity index (χ3v) is 4.55. The van der Waals surface area contributed by atoms with Crippen LogP contribution >= 0.6 is 0 Å². The minimum Gasteiger partial charge on any atom is -0.480 e. The number of amides is 1. The molecule has 1 aromatic carbocycles. The molecule has 0 aromatic heterocycles. The van der Waals surface area contributed by atoms with Gasteiger partial charge in [-0.2, -0.15) is 0 Å². The lowest BCUT2D eigenvalue weighted by Crippen LogP contribution is -2.51. The standard InChI is InChI=1S/C18H26N2O3/c1-3-4-9-16(18(22)23)19-17(21)13(2)20-11-10-14-7-5-6-8-15(14)12-20/h5-8,13,16H,3-4,9-12H2,1-2H3,(H,19,21)(H,22,23)/t13?,16-/m0/s1. The van der Waals surface area contributed by atoms with Gasteiger partial charge in [0.2, 0.25) is 5.91 Å². The fraction of sp³-hybridized carbons (Fsp3) is 0.556. The van der Waals surface area contributed by atoms with E-state index in [1.54, 1.807) is 0 Å². The number of benzene rings is 1. The number of carboxylic acids is 1. The fourth-order valence-electron chi connectivity index (χ4n) is 2.97. The summed E-state index contributed by atoms with van der Waals surface area (Å²) < 4.78 is 0. The quantitative estimate of drug-likeness (QED) is 0.808. The summed E-state index contributed by atoms with van der Waals surface area (Å²) in [5.74, 6) is -1.16. The van der Waals surface area contributed by atoms with E-state index in [-0.39, 0.29) is 11.9 Å². The number of carboxylic acid groups (broad SMARTS) is 1. The first-order valence-corrected chi connectivity index (χ1v) is 8.37. The van der Waals surface area contributed by atoms with Crippen LogP contribution in [0, 0.1) is 0 Å². The summed E-state index contributed by atoms with van der Waals surface area (Å²) in [7, 11) is 0. The van der Waals surface area contributed by atoms with Crippen LogP contribution in [0.25, 0.3) is 0 Å². The number of rotatable bonds is 7. The summed E-state index contributed by atoms with van der Waals surface area (Å²) >= 11 is 0. The Morgan fingerprint density at radius 2 is 2.00 bits per heavy atom. The number of hydrogen-bond acceptors (Lipinski definition) is 3. The molecule has 1 heterocycles. The van der Waals surface area contributed by atoms with Crippen molar-refractivity contribution in [1.29, 1.82) is 0 Å². The van der Waals surface area contributed by atoms with Crippen molar-refractivity contribution < 1.29 is 14.7 Å². The molecule has 1 aliphatic heterocycles. The van der Waals surface area contributed by atoms with Crippen LogP contribution in [0.5, 0.6) is 0 Å². The summed E-state index contributed by atoms with van der Waals surface area (Å²) in [6.07, 6.45) is 3.11. The topological polar surface area (TPSA) is 69.6 Å². The predicted molar refractivity (Wildman–Crippen MR) is 89.1 cm³/mol. The zero-order valence-corrected chi connectivity index (χ0v) is 13.9. The van der Waals surface area contributed by atoms with Crippen molar-refractivity contribution in [1.82, 2.24) is 10.2 Å². The zero-order chi connectivity index (χ0) is 16.8. The number of aliphatic carboxylic acids is 1. The Bertz CT molecular complexity index is 559. The maximum absolute atomic E-state index is 12.4. The normalized spacial score (nSPS) is 17.1. The van der Waals surface area contributed by atoms with Crippen LogP contribution in [0.3, 0.4) is 0 Å². The van der Waals surface area contributed by atoms with E-state index < -0.39 is 12.0 Å². The Kier molecular flexibility index (Phi) is 6.16. The summed E-state index contributed by atoms with van der Waals surface area (Å²) in [6, 6.07) is 7.15. The molecule has 1 aliphatic rings. The molecule has 1 aromatic rings. The number of nitrogens with zero attached hydrogens (tertiary/aromatic N) is 1. The number of fused-ring (bicyclic) bond motifs is 1. The van der Waals surface area contributed by atoms with Crippen LogP contribution < -0.4 is 5.32 Å². The average molecular weight is 318 g/mol. The van der Waals surface area contributed by atoms with E-state index in [2.05, 4.69) is 22.3 Å². The molecule has 126 valence electrons. The molecule has 23 heavy (non-hydrogen) atoms. The van der Waals surface area contributed by atoms with Gasteiger partial charge < -0.3 is 10.4 Å². The third-order valence-electron chi connectivity index (χ3n) is 4.55. The highest BCUT2D eigenvalue weighted by Gasteiger charge is 2.28. The van der Waals surface area contributed by atoms with Gasteiger partial charge in [0.15, 0.2) is 0 Å². The monoisotopic (exact) mass is 318 g/mol. The Labute approximate surface area is 137 Å². The Morgan fingerprint density at radius 1 is 1.30 bits per heavy atom. The summed E-state index contributed by atoms with van der Waals surface area (Å²) in [4.78, 5) is 25.8. The third kappa shape index (κ3) is 4.55. The molecule has 5 nitrogen and oxygen atoms in total. The van der Waals surface area contributed by atoms with Gasteiger partial charge in [0.25, 0.3) is 0 Å². The molecule has 0 radical (unpaired) electrons. The van der Waals surface area contributed by atoms with Crippen molar-refractivity contribution in [3.05, 3.63) is 35.4 Å². The second-order valence-corrected chi connectivity index (χ2v) is 6.21. The van der Waals surface area contributed by atoms with Gasteiger partial charge in [0.1, 0.15) is 6.04 Å². The molecule has 2 rings (SSSR count). The van der Waals surface area contributed by atoms with Crippen LogP contribution in [0.1, 0.15) is 44.2 Å². The fourth-order valence-corrected chi connectivity index (χ4v) is 2.97. The summed E-state index contributed by atoms with van der Waals surface area (Å²) in [6.45, 7) is 5.41. The molecule has 0 saturated heterocycles. The van der Waals surface area contributed by atoms with E-state index in [4.69, 9.17) is 0 Å². The van der Waals surface area contributed by atoms with E-state index >= 15 is 0 Å². The van der Waals surface area contributed by atoms with E-state index in [0.717, 1.165) is 32.4 Å². The van der Waals surface area contributed by atoms with Gasteiger partial charge in [0, 0.05) is 13.1 Å². The van der Waals surface area contributed by atoms with Crippen molar-refractivity contribution >= 4 is 11.9 Å². The number of hydrogen-bond donors (Lipinski definition) is 2. The second-order valence-electron chi connectivity index (χ2n) is 6.21. The van der Waals surface area contributed by atoms with Crippen LogP contribution in [0.15, 0.2) is 24.3 Å². The second kappa shape index (κ2) is 8.11. The lowest BCUT2D eigenvalue weighted by molar-refractivity contribution is -0.142. The van der Waals surface area contributed by atoms with E-state index in [1.807, 2.05) is 26.0 Å². The molecule has 0 spiro atoms. The smallest absolute Gasteiger partial charge is 0.326 e. The predicted octanol–water partition coefficient (Wildman–Crippen LogP) is 2.19. The Morgan fingerprint density at radius 3 is 2.65 bits per heavy atom. The highest BCUT2D eigenvalue weighted by atomic mass is 16.4. The molecule has 2 atom stereocenters. The van der Waals surface area contributed by atoms with Crippen LogP contribution in [0.4, 0.5) is 0 Å². The molecule has 0 fully saturated rings. The average Bonchev–Trinajstić information content (AvgIpc) is 2.56. The van der Waals surface area contributed by atoms with Crippen molar-refractivity contribution in [2.75, 3.05) is 6.54 Å². The first-order chi connectivity index (χ1) is 11.0. The zero-order valence-electron chi connectivity index (χ0n) is 13.9. The van der Waals surface area contributed by atoms with Crippen molar-refractivity contribution in [3.8, 4) is 0 Å². The number of carbonyl (C=O) groups excluding carboxylic acids is 1. The van der Waals surface area contributed by atoms with Gasteiger partial charge >= 0.3 is 5.97 Å². The number of carbonyl (C=O) groups is 2. The number of nitrogens with one attached hydrogen (secondary N) is 1. The van der Waals surface area contributed by atoms with Crippen molar-refractivity contribution in [3.63, 3.8) is 0 Å². The molecule has 0 bridgehead atoms. The minimum atomic E-state index is -0.956. The van der Waals surface area contributed by atoms with Gasteiger partial charge in [-0.05, 0) is 30.9 Å². The molecule has 5 heteroatoms. The highest BCUT2D eigenvalue weighted by molar-refractivity contribution is 5.86. The van der Waals surface area contributed by atoms with Gasteiger partial charge in [-0.15, -0.1) is 0 Å². The first-order valence-electron chi connectivity index (χ1n) is 8.37. The van der Waals surface area contributed by atoms with Gasteiger partial charge in [-0.25, -0.2) is 4.79 Å². The molecule has 0 saturated carbocycles. The van der Waals surface area contributed by atoms with Crippen LogP contribution in [-0.2, 0) is 22.6 Å². The SMILES string of the molecule is CCCC[C@H](NC(=O)C(C)N1CCc2ccccc2C1)C(=O)O. The lowest BCUT2D eigenvalue weighted by Gasteiger charge is -2.33. The van der Waals surface area contributed by atoms with E-state index in [1.165, 1.54) is 11.1 Å². The van der Waals surface area contributed by atoms with E-state index in [0.29, 0.717) is 6.42 Å². The van der Waals surface area contributed by atoms with Crippen LogP contribution in [0.2, 0.25) is 0 Å². The maximum Gasteiger partial charge on any atom is 0.326 e. The molecule has 0 aliphatic carbocycles. The Balaban J connectivity index is 1.95. The van der Waals surface area contributed by atoms with Gasteiger partial charge in [-0.3, -0.25) is 9.69 Å². The molecule has 2 N–H and O–H groups in total. The largest absolute Gasteiger partial charge is 0.480 e. The highest BCUT2D eigenvalue weighted by Crippen LogP contribution is 2.20. The lowest BCUT2D eigenvalue weighted by atomic mass is 9.98. The summed E-state index contributed by atoms with van der Waals surface area (Å²) in [5, 5.41) is 11.9. The Hall–Kier alpha value is -1.88. The molecule has 1 amide bonds. The van der Waals surface area contributed by atoms with Gasteiger partial charge in [0.05, 0.1) is 6.04 Å². The number of unbranched alkanes of at least 4 members (excludes halogenated alkanes) is 1. The maximum atomic E-state index is 12.4. The molecular formula is C18H26N2O3. The van der Waals surface area contributed by atoms with Gasteiger partial charge in [-0.1, -0.05) is 44.0 Å². The molecule has 1 unspecified atom stereocenters. The first kappa shape index (κ1) is 17.5. The minimum absolute atomic E-state index is 0.201. The van der Waals surface area contributed by atoms with Crippen LogP contribution in [-0.4, -0.2) is 40.5 Å².